The topological polar surface area (TPSA) is 52.0 Å². The second-order valence-corrected chi connectivity index (χ2v) is 5.33. The van der Waals surface area contributed by atoms with Gasteiger partial charge < -0.3 is 10.3 Å². The minimum Gasteiger partial charge on any atom is -0.367 e. The molecule has 0 atom stereocenters. The molecule has 2 N–H and O–H groups in total. The molecule has 3 nitrogen and oxygen atoms in total. The Labute approximate surface area is 127 Å². The highest BCUT2D eigenvalue weighted by Crippen LogP contribution is 2.37. The standard InChI is InChI=1S/C15H9BrF2N2O/c16-10-3-1-2-8(6-10)13-14(20-21-15(13)19)9-4-5-11(17)12(18)7-9/h1-7H,19H2. The lowest BCUT2D eigenvalue weighted by Crippen LogP contribution is -1.90. The smallest absolute Gasteiger partial charge is 0.230 e. The molecule has 0 amide bonds. The molecule has 0 aliphatic rings. The summed E-state index contributed by atoms with van der Waals surface area (Å²) in [5, 5.41) is 3.86. The second-order valence-electron chi connectivity index (χ2n) is 4.41. The molecule has 3 aromatic rings. The normalized spacial score (nSPS) is 10.8. The molecular formula is C15H9BrF2N2O. The summed E-state index contributed by atoms with van der Waals surface area (Å²) in [4.78, 5) is 0. The number of rotatable bonds is 2. The molecule has 0 aliphatic heterocycles. The number of benzene rings is 2. The molecule has 3 rings (SSSR count). The Morgan fingerprint density at radius 2 is 1.81 bits per heavy atom. The summed E-state index contributed by atoms with van der Waals surface area (Å²) in [7, 11) is 0. The van der Waals surface area contributed by atoms with E-state index in [4.69, 9.17) is 10.3 Å². The van der Waals surface area contributed by atoms with Gasteiger partial charge in [0.15, 0.2) is 11.6 Å². The van der Waals surface area contributed by atoms with Crippen molar-refractivity contribution in [3.8, 4) is 22.4 Å². The number of nitrogens with zero attached hydrogens (tertiary/aromatic N) is 1. The maximum Gasteiger partial charge on any atom is 0.230 e. The fourth-order valence-corrected chi connectivity index (χ4v) is 2.47. The Hall–Kier alpha value is -2.21. The van der Waals surface area contributed by atoms with Gasteiger partial charge in [0.1, 0.15) is 5.69 Å². The predicted molar refractivity (Wildman–Crippen MR) is 79.4 cm³/mol. The van der Waals surface area contributed by atoms with Crippen LogP contribution in [0.3, 0.4) is 0 Å². The maximum absolute atomic E-state index is 13.4. The van der Waals surface area contributed by atoms with Crippen molar-refractivity contribution in [1.82, 2.24) is 5.16 Å². The van der Waals surface area contributed by atoms with Crippen molar-refractivity contribution in [3.05, 3.63) is 58.6 Å². The van der Waals surface area contributed by atoms with E-state index in [9.17, 15) is 8.78 Å². The first kappa shape index (κ1) is 13.8. The molecule has 1 aromatic heterocycles. The molecule has 0 aliphatic carbocycles. The Morgan fingerprint density at radius 1 is 1.00 bits per heavy atom. The van der Waals surface area contributed by atoms with Crippen molar-refractivity contribution in [3.63, 3.8) is 0 Å². The zero-order valence-corrected chi connectivity index (χ0v) is 12.2. The Morgan fingerprint density at radius 3 is 2.52 bits per heavy atom. The van der Waals surface area contributed by atoms with E-state index in [0.717, 1.165) is 22.2 Å². The van der Waals surface area contributed by atoms with Gasteiger partial charge in [0.05, 0.1) is 5.56 Å². The third kappa shape index (κ3) is 2.54. The fourth-order valence-electron chi connectivity index (χ4n) is 2.07. The fraction of sp³-hybridized carbons (Fsp3) is 0. The van der Waals surface area contributed by atoms with E-state index in [1.807, 2.05) is 24.3 Å². The van der Waals surface area contributed by atoms with Crippen LogP contribution in [0.2, 0.25) is 0 Å². The molecule has 0 radical (unpaired) electrons. The van der Waals surface area contributed by atoms with E-state index in [1.165, 1.54) is 6.07 Å². The van der Waals surface area contributed by atoms with Crippen molar-refractivity contribution in [2.45, 2.75) is 0 Å². The lowest BCUT2D eigenvalue weighted by Gasteiger charge is -2.04. The number of hydrogen-bond acceptors (Lipinski definition) is 3. The van der Waals surface area contributed by atoms with Crippen LogP contribution in [-0.4, -0.2) is 5.16 Å². The Balaban J connectivity index is 2.19. The molecule has 0 saturated heterocycles. The summed E-state index contributed by atoms with van der Waals surface area (Å²) in [5.41, 5.74) is 7.88. The van der Waals surface area contributed by atoms with Gasteiger partial charge in [-0.1, -0.05) is 33.2 Å². The molecule has 0 spiro atoms. The van der Waals surface area contributed by atoms with Gasteiger partial charge in [-0.3, -0.25) is 0 Å². The first-order valence-electron chi connectivity index (χ1n) is 6.03. The number of anilines is 1. The van der Waals surface area contributed by atoms with Crippen LogP contribution in [0, 0.1) is 11.6 Å². The minimum absolute atomic E-state index is 0.118. The highest BCUT2D eigenvalue weighted by atomic mass is 79.9. The van der Waals surface area contributed by atoms with Gasteiger partial charge in [-0.15, -0.1) is 0 Å². The van der Waals surface area contributed by atoms with E-state index in [2.05, 4.69) is 21.1 Å². The first-order chi connectivity index (χ1) is 10.1. The van der Waals surface area contributed by atoms with Crippen LogP contribution in [0.25, 0.3) is 22.4 Å². The van der Waals surface area contributed by atoms with Crippen LogP contribution in [0.4, 0.5) is 14.7 Å². The van der Waals surface area contributed by atoms with Crippen molar-refractivity contribution in [2.24, 2.45) is 0 Å². The highest BCUT2D eigenvalue weighted by molar-refractivity contribution is 9.10. The van der Waals surface area contributed by atoms with Crippen LogP contribution < -0.4 is 5.73 Å². The third-order valence-corrected chi connectivity index (χ3v) is 3.52. The summed E-state index contributed by atoms with van der Waals surface area (Å²) in [6.07, 6.45) is 0. The van der Waals surface area contributed by atoms with Gasteiger partial charge in [-0.2, -0.15) is 0 Å². The second kappa shape index (κ2) is 5.29. The van der Waals surface area contributed by atoms with Gasteiger partial charge in [-0.05, 0) is 35.9 Å². The number of nitrogen functional groups attached to an aromatic ring is 1. The van der Waals surface area contributed by atoms with Gasteiger partial charge in [0.25, 0.3) is 0 Å². The molecule has 106 valence electrons. The molecular weight excluding hydrogens is 342 g/mol. The predicted octanol–water partition coefficient (Wildman–Crippen LogP) is 4.63. The molecule has 1 heterocycles. The monoisotopic (exact) mass is 350 g/mol. The van der Waals surface area contributed by atoms with Crippen molar-refractivity contribution in [2.75, 3.05) is 5.73 Å². The highest BCUT2D eigenvalue weighted by Gasteiger charge is 2.18. The zero-order valence-electron chi connectivity index (χ0n) is 10.6. The average Bonchev–Trinajstić information content (AvgIpc) is 2.84. The molecule has 0 saturated carbocycles. The summed E-state index contributed by atoms with van der Waals surface area (Å²) < 4.78 is 32.3. The SMILES string of the molecule is Nc1onc(-c2ccc(F)c(F)c2)c1-c1cccc(Br)c1. The quantitative estimate of drug-likeness (QED) is 0.732. The maximum atomic E-state index is 13.4. The van der Waals surface area contributed by atoms with E-state index in [0.29, 0.717) is 16.8 Å². The van der Waals surface area contributed by atoms with Crippen LogP contribution >= 0.6 is 15.9 Å². The lowest BCUT2D eigenvalue weighted by atomic mass is 10.0. The zero-order chi connectivity index (χ0) is 15.0. The molecule has 2 aromatic carbocycles. The number of halogens is 3. The Kier molecular flexibility index (Phi) is 3.47. The van der Waals surface area contributed by atoms with Crippen molar-refractivity contribution >= 4 is 21.8 Å². The number of aromatic nitrogens is 1. The largest absolute Gasteiger partial charge is 0.367 e. The lowest BCUT2D eigenvalue weighted by molar-refractivity contribution is 0.439. The molecule has 0 bridgehead atoms. The van der Waals surface area contributed by atoms with Crippen molar-refractivity contribution in [1.29, 1.82) is 0 Å². The molecule has 0 unspecified atom stereocenters. The minimum atomic E-state index is -0.950. The van der Waals surface area contributed by atoms with E-state index in [-0.39, 0.29) is 5.88 Å². The van der Waals surface area contributed by atoms with Crippen LogP contribution in [0.15, 0.2) is 51.5 Å². The van der Waals surface area contributed by atoms with Crippen molar-refractivity contribution < 1.29 is 13.3 Å². The van der Waals surface area contributed by atoms with Crippen LogP contribution in [0.1, 0.15) is 0 Å². The summed E-state index contributed by atoms with van der Waals surface area (Å²) in [6.45, 7) is 0. The molecule has 21 heavy (non-hydrogen) atoms. The number of hydrogen-bond donors (Lipinski definition) is 1. The van der Waals surface area contributed by atoms with E-state index >= 15 is 0 Å². The van der Waals surface area contributed by atoms with Gasteiger partial charge in [0, 0.05) is 10.0 Å². The Bertz CT molecular complexity index is 817. The van der Waals surface area contributed by atoms with Gasteiger partial charge in [-0.25, -0.2) is 8.78 Å². The third-order valence-electron chi connectivity index (χ3n) is 3.02. The van der Waals surface area contributed by atoms with E-state index < -0.39 is 11.6 Å². The average molecular weight is 351 g/mol. The van der Waals surface area contributed by atoms with Crippen LogP contribution in [0.5, 0.6) is 0 Å². The van der Waals surface area contributed by atoms with Crippen LogP contribution in [-0.2, 0) is 0 Å². The summed E-state index contributed by atoms with van der Waals surface area (Å²) in [6, 6.07) is 10.9. The summed E-state index contributed by atoms with van der Waals surface area (Å²) >= 11 is 3.37. The van der Waals surface area contributed by atoms with Gasteiger partial charge in [0.2, 0.25) is 5.88 Å². The molecule has 0 fully saturated rings. The van der Waals surface area contributed by atoms with E-state index in [1.54, 1.807) is 0 Å². The van der Waals surface area contributed by atoms with Gasteiger partial charge >= 0.3 is 0 Å². The first-order valence-corrected chi connectivity index (χ1v) is 6.82. The summed E-state index contributed by atoms with van der Waals surface area (Å²) in [5.74, 6) is -1.75. The number of nitrogens with two attached hydrogens (primary N) is 1. The molecule has 6 heteroatoms.